The predicted molar refractivity (Wildman–Crippen MR) is 94.3 cm³/mol. The Hall–Kier alpha value is -3.22. The Labute approximate surface area is 148 Å². The van der Waals surface area contributed by atoms with Gasteiger partial charge in [-0.15, -0.1) is 0 Å². The Bertz CT molecular complexity index is 1080. The van der Waals surface area contributed by atoms with Crippen LogP contribution in [-0.4, -0.2) is 15.1 Å². The summed E-state index contributed by atoms with van der Waals surface area (Å²) in [6, 6.07) is 12.3. The van der Waals surface area contributed by atoms with Crippen molar-refractivity contribution in [2.75, 3.05) is 0 Å². The second-order valence-corrected chi connectivity index (χ2v) is 5.73. The number of nitrogens with zero attached hydrogens (tertiary/aromatic N) is 2. The van der Waals surface area contributed by atoms with Gasteiger partial charge < -0.3 is 4.74 Å². The monoisotopic (exact) mass is 356 g/mol. The zero-order chi connectivity index (χ0) is 18.7. The minimum atomic E-state index is -0.650. The van der Waals surface area contributed by atoms with E-state index in [-0.39, 0.29) is 19.7 Å². The van der Waals surface area contributed by atoms with E-state index in [4.69, 9.17) is 4.74 Å². The van der Waals surface area contributed by atoms with Crippen molar-refractivity contribution in [3.8, 4) is 0 Å². The number of hydrogen-bond donors (Lipinski definition) is 0. The molecule has 0 fully saturated rings. The first kappa shape index (κ1) is 17.6. The number of benzene rings is 2. The Balaban J connectivity index is 1.89. The van der Waals surface area contributed by atoms with Crippen LogP contribution in [0.2, 0.25) is 0 Å². The molecule has 0 aliphatic carbocycles. The molecule has 3 aromatic rings. The number of para-hydroxylation sites is 1. The number of fused-ring (bicyclic) bond motifs is 1. The predicted octanol–water partition coefficient (Wildman–Crippen LogP) is 2.07. The number of carbonyl (C=O) groups excluding carboxylic acids is 1. The van der Waals surface area contributed by atoms with Crippen molar-refractivity contribution < 1.29 is 13.9 Å². The number of esters is 1. The summed E-state index contributed by atoms with van der Waals surface area (Å²) >= 11 is 0. The van der Waals surface area contributed by atoms with E-state index >= 15 is 0 Å². The maximum Gasteiger partial charge on any atom is 0.332 e. The maximum absolute atomic E-state index is 13.2. The van der Waals surface area contributed by atoms with Crippen LogP contribution in [0.4, 0.5) is 4.39 Å². The van der Waals surface area contributed by atoms with Crippen molar-refractivity contribution in [2.45, 2.75) is 26.6 Å². The summed E-state index contributed by atoms with van der Waals surface area (Å²) in [6.07, 6.45) is 0. The maximum atomic E-state index is 13.2. The van der Waals surface area contributed by atoms with Gasteiger partial charge in [-0.05, 0) is 36.8 Å². The highest BCUT2D eigenvalue weighted by Crippen LogP contribution is 2.09. The van der Waals surface area contributed by atoms with E-state index in [1.54, 1.807) is 37.3 Å². The quantitative estimate of drug-likeness (QED) is 0.656. The number of carbonyl (C=O) groups is 1. The van der Waals surface area contributed by atoms with Gasteiger partial charge in [0.25, 0.3) is 5.56 Å². The molecule has 1 heterocycles. The van der Waals surface area contributed by atoms with Crippen LogP contribution in [0.3, 0.4) is 0 Å². The van der Waals surface area contributed by atoms with Crippen LogP contribution in [0.5, 0.6) is 0 Å². The third-order valence-corrected chi connectivity index (χ3v) is 4.02. The SMILES string of the molecule is CCn1c(=O)c2ccccc2n(CC(=O)OCc2cccc(F)c2)c1=O. The fourth-order valence-electron chi connectivity index (χ4n) is 2.77. The third-order valence-electron chi connectivity index (χ3n) is 4.02. The number of hydrogen-bond acceptors (Lipinski definition) is 4. The molecule has 0 unspecified atom stereocenters. The molecule has 0 aliphatic heterocycles. The standard InChI is InChI=1S/C19H17FN2O4/c1-2-21-18(24)15-8-3-4-9-16(15)22(19(21)25)11-17(23)26-12-13-6-5-7-14(20)10-13/h3-10H,2,11-12H2,1H3. The average Bonchev–Trinajstić information content (AvgIpc) is 2.64. The van der Waals surface area contributed by atoms with Crippen LogP contribution >= 0.6 is 0 Å². The van der Waals surface area contributed by atoms with E-state index < -0.39 is 23.0 Å². The molecule has 26 heavy (non-hydrogen) atoms. The van der Waals surface area contributed by atoms with E-state index in [9.17, 15) is 18.8 Å². The van der Waals surface area contributed by atoms with Crippen molar-refractivity contribution in [1.82, 2.24) is 9.13 Å². The van der Waals surface area contributed by atoms with Gasteiger partial charge >= 0.3 is 11.7 Å². The van der Waals surface area contributed by atoms with E-state index in [0.29, 0.717) is 16.5 Å². The van der Waals surface area contributed by atoms with Gasteiger partial charge in [0.05, 0.1) is 10.9 Å². The number of aromatic nitrogens is 2. The lowest BCUT2D eigenvalue weighted by Gasteiger charge is -2.13. The van der Waals surface area contributed by atoms with Gasteiger partial charge in [-0.3, -0.25) is 18.7 Å². The summed E-state index contributed by atoms with van der Waals surface area (Å²) in [4.78, 5) is 37.1. The first-order valence-corrected chi connectivity index (χ1v) is 8.13. The van der Waals surface area contributed by atoms with E-state index in [0.717, 1.165) is 4.57 Å². The summed E-state index contributed by atoms with van der Waals surface area (Å²) in [7, 11) is 0. The minimum absolute atomic E-state index is 0.101. The molecule has 0 spiro atoms. The lowest BCUT2D eigenvalue weighted by atomic mass is 10.2. The first-order valence-electron chi connectivity index (χ1n) is 8.13. The fourth-order valence-corrected chi connectivity index (χ4v) is 2.77. The molecular formula is C19H17FN2O4. The molecule has 0 atom stereocenters. The summed E-state index contributed by atoms with van der Waals surface area (Å²) in [5.41, 5.74) is -0.0830. The highest BCUT2D eigenvalue weighted by molar-refractivity contribution is 5.79. The summed E-state index contributed by atoms with van der Waals surface area (Å²) in [6.45, 7) is 1.44. The number of ether oxygens (including phenoxy) is 1. The van der Waals surface area contributed by atoms with Crippen LogP contribution in [0.15, 0.2) is 58.1 Å². The van der Waals surface area contributed by atoms with Crippen LogP contribution in [-0.2, 0) is 29.2 Å². The molecule has 0 radical (unpaired) electrons. The van der Waals surface area contributed by atoms with Gasteiger partial charge in [-0.25, -0.2) is 9.18 Å². The Kier molecular flexibility index (Phi) is 4.97. The normalized spacial score (nSPS) is 10.8. The molecule has 0 amide bonds. The largest absolute Gasteiger partial charge is 0.459 e. The van der Waals surface area contributed by atoms with E-state index in [1.807, 2.05) is 0 Å². The van der Waals surface area contributed by atoms with Crippen molar-refractivity contribution in [2.24, 2.45) is 0 Å². The summed E-state index contributed by atoms with van der Waals surface area (Å²) < 4.78 is 20.6. The Morgan fingerprint density at radius 3 is 2.58 bits per heavy atom. The van der Waals surface area contributed by atoms with Gasteiger partial charge in [-0.2, -0.15) is 0 Å². The number of rotatable bonds is 5. The summed E-state index contributed by atoms with van der Waals surface area (Å²) in [5.74, 6) is -1.07. The molecule has 7 heteroatoms. The van der Waals surface area contributed by atoms with Crippen LogP contribution in [0.25, 0.3) is 10.9 Å². The number of halogens is 1. The minimum Gasteiger partial charge on any atom is -0.459 e. The van der Waals surface area contributed by atoms with E-state index in [1.165, 1.54) is 22.8 Å². The van der Waals surface area contributed by atoms with Crippen molar-refractivity contribution >= 4 is 16.9 Å². The molecular weight excluding hydrogens is 339 g/mol. The van der Waals surface area contributed by atoms with Crippen LogP contribution in [0, 0.1) is 5.82 Å². The molecule has 134 valence electrons. The molecule has 0 aliphatic rings. The van der Waals surface area contributed by atoms with Gasteiger partial charge in [0.2, 0.25) is 0 Å². The van der Waals surface area contributed by atoms with Gasteiger partial charge in [0.15, 0.2) is 0 Å². The molecule has 2 aromatic carbocycles. The molecule has 0 saturated carbocycles. The first-order chi connectivity index (χ1) is 12.5. The van der Waals surface area contributed by atoms with Crippen LogP contribution < -0.4 is 11.2 Å². The zero-order valence-electron chi connectivity index (χ0n) is 14.1. The average molecular weight is 356 g/mol. The second-order valence-electron chi connectivity index (χ2n) is 5.73. The third kappa shape index (κ3) is 3.42. The highest BCUT2D eigenvalue weighted by atomic mass is 19.1. The van der Waals surface area contributed by atoms with Crippen molar-refractivity contribution in [1.29, 1.82) is 0 Å². The Morgan fingerprint density at radius 2 is 1.85 bits per heavy atom. The molecule has 0 bridgehead atoms. The molecule has 3 rings (SSSR count). The lowest BCUT2D eigenvalue weighted by molar-refractivity contribution is -0.145. The molecule has 0 N–H and O–H groups in total. The molecule has 0 saturated heterocycles. The van der Waals surface area contributed by atoms with Crippen molar-refractivity contribution in [3.05, 3.63) is 80.7 Å². The van der Waals surface area contributed by atoms with Crippen LogP contribution in [0.1, 0.15) is 12.5 Å². The summed E-state index contributed by atoms with van der Waals surface area (Å²) in [5, 5.41) is 0.354. The van der Waals surface area contributed by atoms with Crippen molar-refractivity contribution in [3.63, 3.8) is 0 Å². The van der Waals surface area contributed by atoms with Gasteiger partial charge in [0, 0.05) is 6.54 Å². The van der Waals surface area contributed by atoms with E-state index in [2.05, 4.69) is 0 Å². The van der Waals surface area contributed by atoms with Gasteiger partial charge in [0.1, 0.15) is 19.0 Å². The smallest absolute Gasteiger partial charge is 0.332 e. The zero-order valence-corrected chi connectivity index (χ0v) is 14.1. The molecule has 1 aromatic heterocycles. The second kappa shape index (κ2) is 7.35. The van der Waals surface area contributed by atoms with Gasteiger partial charge in [-0.1, -0.05) is 24.3 Å². The lowest BCUT2D eigenvalue weighted by Crippen LogP contribution is -2.40. The Morgan fingerprint density at radius 1 is 1.08 bits per heavy atom. The molecule has 6 nitrogen and oxygen atoms in total. The topological polar surface area (TPSA) is 70.3 Å². The fraction of sp³-hybridized carbons (Fsp3) is 0.211. The highest BCUT2D eigenvalue weighted by Gasteiger charge is 2.15.